The largest absolute Gasteiger partial charge is 0.383 e. The summed E-state index contributed by atoms with van der Waals surface area (Å²) < 4.78 is 4.90. The molecule has 1 atom stereocenters. The second kappa shape index (κ2) is 10.1. The second-order valence-electron chi connectivity index (χ2n) is 3.07. The molecule has 0 amide bonds. The molecule has 4 N–H and O–H groups in total. The van der Waals surface area contributed by atoms with E-state index in [1.165, 1.54) is 0 Å². The number of hydrogen-bond donors (Lipinski definition) is 3. The van der Waals surface area contributed by atoms with Crippen LogP contribution in [0.15, 0.2) is 4.99 Å². The Bertz CT molecular complexity index is 177. The maximum atomic E-state index is 5.34. The average molecular weight is 234 g/mol. The standard InChI is InChI=1S/C9H22N4OS/c1-4-15-7-8(2)12-9(13-10)11-5-6-14-3/h8H,4-7,10H2,1-3H3,(H2,11,12,13). The molecular weight excluding hydrogens is 212 g/mol. The summed E-state index contributed by atoms with van der Waals surface area (Å²) in [7, 11) is 1.65. The van der Waals surface area contributed by atoms with E-state index in [0.717, 1.165) is 11.5 Å². The summed E-state index contributed by atoms with van der Waals surface area (Å²) in [5, 5.41) is 3.20. The lowest BCUT2D eigenvalue weighted by Gasteiger charge is -2.15. The molecule has 90 valence electrons. The Hall–Kier alpha value is -0.460. The van der Waals surface area contributed by atoms with Crippen molar-refractivity contribution in [1.82, 2.24) is 10.7 Å². The molecule has 0 aromatic heterocycles. The van der Waals surface area contributed by atoms with Crippen molar-refractivity contribution in [3.63, 3.8) is 0 Å². The van der Waals surface area contributed by atoms with Gasteiger partial charge in [-0.1, -0.05) is 6.92 Å². The summed E-state index contributed by atoms with van der Waals surface area (Å²) in [5.74, 6) is 8.13. The highest BCUT2D eigenvalue weighted by molar-refractivity contribution is 7.99. The van der Waals surface area contributed by atoms with Gasteiger partial charge in [-0.05, 0) is 12.7 Å². The number of ether oxygens (including phenoxy) is 1. The van der Waals surface area contributed by atoms with Crippen molar-refractivity contribution in [2.45, 2.75) is 19.9 Å². The number of guanidine groups is 1. The number of rotatable bonds is 7. The van der Waals surface area contributed by atoms with Crippen LogP contribution < -0.4 is 16.6 Å². The summed E-state index contributed by atoms with van der Waals surface area (Å²) >= 11 is 1.89. The Morgan fingerprint density at radius 2 is 2.33 bits per heavy atom. The number of thioether (sulfide) groups is 1. The number of nitrogens with zero attached hydrogens (tertiary/aromatic N) is 1. The van der Waals surface area contributed by atoms with Gasteiger partial charge >= 0.3 is 0 Å². The first kappa shape index (κ1) is 14.5. The first-order valence-electron chi connectivity index (χ1n) is 5.08. The third-order valence-electron chi connectivity index (χ3n) is 1.66. The van der Waals surface area contributed by atoms with Gasteiger partial charge in [0, 0.05) is 18.9 Å². The number of nitrogens with two attached hydrogens (primary N) is 1. The fourth-order valence-corrected chi connectivity index (χ4v) is 1.62. The topological polar surface area (TPSA) is 71.7 Å². The van der Waals surface area contributed by atoms with Crippen LogP contribution in [0.1, 0.15) is 13.8 Å². The first-order valence-corrected chi connectivity index (χ1v) is 6.24. The number of hydrazine groups is 1. The minimum absolute atomic E-state index is 0.354. The van der Waals surface area contributed by atoms with Gasteiger partial charge in [0.25, 0.3) is 0 Å². The third kappa shape index (κ3) is 8.53. The molecule has 0 heterocycles. The van der Waals surface area contributed by atoms with Crippen molar-refractivity contribution >= 4 is 17.7 Å². The van der Waals surface area contributed by atoms with Crippen LogP contribution in [-0.2, 0) is 4.74 Å². The van der Waals surface area contributed by atoms with Gasteiger partial charge in [-0.15, -0.1) is 0 Å². The van der Waals surface area contributed by atoms with Crippen molar-refractivity contribution in [3.05, 3.63) is 0 Å². The summed E-state index contributed by atoms with van der Waals surface area (Å²) in [6, 6.07) is 0.354. The van der Waals surface area contributed by atoms with E-state index in [0.29, 0.717) is 25.2 Å². The van der Waals surface area contributed by atoms with E-state index in [4.69, 9.17) is 10.6 Å². The van der Waals surface area contributed by atoms with Crippen LogP contribution in [0.4, 0.5) is 0 Å². The van der Waals surface area contributed by atoms with E-state index in [2.05, 4.69) is 29.6 Å². The molecule has 0 fully saturated rings. The predicted molar refractivity (Wildman–Crippen MR) is 67.1 cm³/mol. The van der Waals surface area contributed by atoms with Gasteiger partial charge in [0.2, 0.25) is 5.96 Å². The van der Waals surface area contributed by atoms with E-state index < -0.39 is 0 Å². The minimum Gasteiger partial charge on any atom is -0.383 e. The van der Waals surface area contributed by atoms with Gasteiger partial charge in [0.05, 0.1) is 13.2 Å². The maximum Gasteiger partial charge on any atom is 0.206 e. The summed E-state index contributed by atoms with van der Waals surface area (Å²) in [4.78, 5) is 4.22. The van der Waals surface area contributed by atoms with Crippen molar-refractivity contribution in [2.75, 3.05) is 31.8 Å². The number of hydrogen-bond acceptors (Lipinski definition) is 4. The molecule has 0 spiro atoms. The van der Waals surface area contributed by atoms with Gasteiger partial charge in [0.1, 0.15) is 0 Å². The number of nitrogens with one attached hydrogen (secondary N) is 2. The average Bonchev–Trinajstić information content (AvgIpc) is 2.25. The Morgan fingerprint density at radius 1 is 1.60 bits per heavy atom. The third-order valence-corrected chi connectivity index (χ3v) is 2.80. The molecule has 0 rings (SSSR count). The van der Waals surface area contributed by atoms with Gasteiger partial charge in [-0.2, -0.15) is 11.8 Å². The minimum atomic E-state index is 0.354. The lowest BCUT2D eigenvalue weighted by Crippen LogP contribution is -2.46. The zero-order chi connectivity index (χ0) is 11.5. The van der Waals surface area contributed by atoms with E-state index in [9.17, 15) is 0 Å². The van der Waals surface area contributed by atoms with Crippen molar-refractivity contribution in [1.29, 1.82) is 0 Å². The molecule has 6 heteroatoms. The predicted octanol–water partition coefficient (Wildman–Crippen LogP) is 0.183. The van der Waals surface area contributed by atoms with Crippen LogP contribution in [0.2, 0.25) is 0 Å². The SMILES string of the molecule is CCSCC(C)NC(=NCCOC)NN. The van der Waals surface area contributed by atoms with Gasteiger partial charge in [-0.25, -0.2) is 10.8 Å². The molecule has 0 aromatic rings. The zero-order valence-electron chi connectivity index (χ0n) is 9.75. The highest BCUT2D eigenvalue weighted by Crippen LogP contribution is 2.00. The quantitative estimate of drug-likeness (QED) is 0.193. The van der Waals surface area contributed by atoms with Crippen molar-refractivity contribution in [2.24, 2.45) is 10.8 Å². The Labute approximate surface area is 96.2 Å². The van der Waals surface area contributed by atoms with Gasteiger partial charge < -0.3 is 10.1 Å². The molecule has 0 aliphatic rings. The highest BCUT2D eigenvalue weighted by Gasteiger charge is 2.03. The van der Waals surface area contributed by atoms with Crippen LogP contribution in [-0.4, -0.2) is 43.8 Å². The monoisotopic (exact) mass is 234 g/mol. The summed E-state index contributed by atoms with van der Waals surface area (Å²) in [6.07, 6.45) is 0. The van der Waals surface area contributed by atoms with E-state index in [1.807, 2.05) is 11.8 Å². The summed E-state index contributed by atoms with van der Waals surface area (Å²) in [6.45, 7) is 5.46. The van der Waals surface area contributed by atoms with E-state index in [1.54, 1.807) is 7.11 Å². The van der Waals surface area contributed by atoms with Gasteiger partial charge in [0.15, 0.2) is 0 Å². The Morgan fingerprint density at radius 3 is 2.87 bits per heavy atom. The number of aliphatic imine (C=N–C) groups is 1. The van der Waals surface area contributed by atoms with E-state index in [-0.39, 0.29) is 0 Å². The fraction of sp³-hybridized carbons (Fsp3) is 0.889. The lowest BCUT2D eigenvalue weighted by molar-refractivity contribution is 0.208. The molecule has 0 saturated carbocycles. The molecular formula is C9H22N4OS. The molecule has 0 aliphatic carbocycles. The van der Waals surface area contributed by atoms with Crippen LogP contribution >= 0.6 is 11.8 Å². The number of methoxy groups -OCH3 is 1. The van der Waals surface area contributed by atoms with Crippen molar-refractivity contribution in [3.8, 4) is 0 Å². The normalized spacial score (nSPS) is 13.7. The Balaban J connectivity index is 3.80. The molecule has 0 aliphatic heterocycles. The molecule has 0 bridgehead atoms. The van der Waals surface area contributed by atoms with Crippen LogP contribution in [0.3, 0.4) is 0 Å². The van der Waals surface area contributed by atoms with Crippen LogP contribution in [0.25, 0.3) is 0 Å². The van der Waals surface area contributed by atoms with Crippen LogP contribution in [0, 0.1) is 0 Å². The van der Waals surface area contributed by atoms with E-state index >= 15 is 0 Å². The molecule has 0 radical (unpaired) electrons. The summed E-state index contributed by atoms with van der Waals surface area (Å²) in [5.41, 5.74) is 2.54. The molecule has 0 aromatic carbocycles. The molecule has 5 nitrogen and oxygen atoms in total. The smallest absolute Gasteiger partial charge is 0.206 e. The van der Waals surface area contributed by atoms with Crippen LogP contribution in [0.5, 0.6) is 0 Å². The Kier molecular flexibility index (Phi) is 9.76. The van der Waals surface area contributed by atoms with Crippen molar-refractivity contribution < 1.29 is 4.74 Å². The molecule has 15 heavy (non-hydrogen) atoms. The van der Waals surface area contributed by atoms with Gasteiger partial charge in [-0.3, -0.25) is 5.43 Å². The highest BCUT2D eigenvalue weighted by atomic mass is 32.2. The fourth-order valence-electron chi connectivity index (χ4n) is 0.951. The zero-order valence-corrected chi connectivity index (χ0v) is 10.6. The molecule has 0 saturated heterocycles. The maximum absolute atomic E-state index is 5.34. The lowest BCUT2D eigenvalue weighted by atomic mass is 10.4. The second-order valence-corrected chi connectivity index (χ2v) is 4.39. The molecule has 1 unspecified atom stereocenters. The first-order chi connectivity index (χ1) is 7.24.